The molecule has 1 aliphatic rings. The highest BCUT2D eigenvalue weighted by Crippen LogP contribution is 2.35. The molecule has 2 aromatic rings. The van der Waals surface area contributed by atoms with Crippen molar-refractivity contribution >= 4 is 32.2 Å². The number of carbonyl (C=O) groups excluding carboxylic acids is 1. The highest BCUT2D eigenvalue weighted by atomic mass is 32.2. The number of hydrogen-bond donors (Lipinski definition) is 1. The highest BCUT2D eigenvalue weighted by molar-refractivity contribution is 7.91. The third-order valence-corrected chi connectivity index (χ3v) is 7.48. The number of anilines is 1. The summed E-state index contributed by atoms with van der Waals surface area (Å²) in [7, 11) is -3.23. The largest absolute Gasteiger partial charge is 0.301 e. The Kier molecular flexibility index (Phi) is 6.09. The first-order valence-electron chi connectivity index (χ1n) is 9.02. The molecule has 1 amide bonds. The van der Waals surface area contributed by atoms with Crippen LogP contribution in [0.4, 0.5) is 5.13 Å². The fraction of sp³-hybridized carbons (Fsp3) is 0.474. The van der Waals surface area contributed by atoms with Gasteiger partial charge in [-0.2, -0.15) is 0 Å². The number of nitrogens with one attached hydrogen (secondary N) is 1. The van der Waals surface area contributed by atoms with E-state index in [1.165, 1.54) is 24.2 Å². The number of aromatic nitrogens is 1. The van der Waals surface area contributed by atoms with Gasteiger partial charge >= 0.3 is 0 Å². The molecule has 1 heterocycles. The minimum absolute atomic E-state index is 0.0713. The van der Waals surface area contributed by atoms with E-state index in [-0.39, 0.29) is 17.6 Å². The van der Waals surface area contributed by atoms with Crippen molar-refractivity contribution in [3.8, 4) is 0 Å². The number of hydrogen-bond acceptors (Lipinski definition) is 5. The summed E-state index contributed by atoms with van der Waals surface area (Å²) in [5.41, 5.74) is 0.862. The predicted octanol–water partition coefficient (Wildman–Crippen LogP) is 4.24. The van der Waals surface area contributed by atoms with Gasteiger partial charge in [-0.1, -0.05) is 44.7 Å². The number of thiazole rings is 1. The minimum atomic E-state index is -3.23. The SMILES string of the molecule is CCS(=O)(=O)c1ccc(C(CC2CCCC2)C(=O)Nc2nccs2)cc1. The van der Waals surface area contributed by atoms with Crippen LogP contribution in [0.25, 0.3) is 0 Å². The van der Waals surface area contributed by atoms with E-state index in [1.54, 1.807) is 37.4 Å². The van der Waals surface area contributed by atoms with Gasteiger partial charge in [0.2, 0.25) is 5.91 Å². The van der Waals surface area contributed by atoms with E-state index in [0.717, 1.165) is 24.8 Å². The zero-order valence-electron chi connectivity index (χ0n) is 14.8. The van der Waals surface area contributed by atoms with Gasteiger partial charge in [0.1, 0.15) is 0 Å². The second-order valence-corrected chi connectivity index (χ2v) is 9.91. The molecule has 1 N–H and O–H groups in total. The van der Waals surface area contributed by atoms with Crippen molar-refractivity contribution in [2.24, 2.45) is 5.92 Å². The highest BCUT2D eigenvalue weighted by Gasteiger charge is 2.27. The van der Waals surface area contributed by atoms with Crippen LogP contribution in [0.2, 0.25) is 0 Å². The lowest BCUT2D eigenvalue weighted by Crippen LogP contribution is -2.23. The Hall–Kier alpha value is -1.73. The second kappa shape index (κ2) is 8.31. The number of rotatable bonds is 7. The summed E-state index contributed by atoms with van der Waals surface area (Å²) < 4.78 is 24.0. The van der Waals surface area contributed by atoms with Gasteiger partial charge in [-0.3, -0.25) is 4.79 Å². The number of benzene rings is 1. The quantitative estimate of drug-likeness (QED) is 0.765. The van der Waals surface area contributed by atoms with Crippen molar-refractivity contribution in [1.29, 1.82) is 0 Å². The summed E-state index contributed by atoms with van der Waals surface area (Å²) >= 11 is 1.39. The monoisotopic (exact) mass is 392 g/mol. The molecular weight excluding hydrogens is 368 g/mol. The molecule has 7 heteroatoms. The first kappa shape index (κ1) is 19.0. The normalized spacial score (nSPS) is 16.5. The molecule has 3 rings (SSSR count). The predicted molar refractivity (Wildman–Crippen MR) is 104 cm³/mol. The van der Waals surface area contributed by atoms with Crippen LogP contribution in [0.3, 0.4) is 0 Å². The maximum absolute atomic E-state index is 12.9. The van der Waals surface area contributed by atoms with Crippen LogP contribution in [0.15, 0.2) is 40.7 Å². The van der Waals surface area contributed by atoms with E-state index >= 15 is 0 Å². The third-order valence-electron chi connectivity index (χ3n) is 5.04. The van der Waals surface area contributed by atoms with Gasteiger partial charge in [-0.15, -0.1) is 11.3 Å². The minimum Gasteiger partial charge on any atom is -0.301 e. The van der Waals surface area contributed by atoms with Crippen molar-refractivity contribution in [1.82, 2.24) is 4.98 Å². The van der Waals surface area contributed by atoms with Gasteiger partial charge in [0.05, 0.1) is 16.6 Å². The van der Waals surface area contributed by atoms with Gasteiger partial charge < -0.3 is 5.32 Å². The van der Waals surface area contributed by atoms with Crippen molar-refractivity contribution in [3.63, 3.8) is 0 Å². The van der Waals surface area contributed by atoms with Crippen molar-refractivity contribution in [2.45, 2.75) is 49.8 Å². The van der Waals surface area contributed by atoms with E-state index in [2.05, 4.69) is 10.3 Å². The molecule has 0 bridgehead atoms. The molecule has 26 heavy (non-hydrogen) atoms. The van der Waals surface area contributed by atoms with Crippen molar-refractivity contribution < 1.29 is 13.2 Å². The second-order valence-electron chi connectivity index (χ2n) is 6.74. The summed E-state index contributed by atoms with van der Waals surface area (Å²) in [4.78, 5) is 17.3. The fourth-order valence-electron chi connectivity index (χ4n) is 3.53. The Balaban J connectivity index is 1.83. The maximum Gasteiger partial charge on any atom is 0.233 e. The smallest absolute Gasteiger partial charge is 0.233 e. The first-order valence-corrected chi connectivity index (χ1v) is 11.6. The molecule has 0 aliphatic heterocycles. The zero-order chi connectivity index (χ0) is 18.6. The fourth-order valence-corrected chi connectivity index (χ4v) is 4.94. The Morgan fingerprint density at radius 2 is 1.96 bits per heavy atom. The topological polar surface area (TPSA) is 76.1 Å². The van der Waals surface area contributed by atoms with Gasteiger partial charge in [0.25, 0.3) is 0 Å². The Bertz CT molecular complexity index is 824. The van der Waals surface area contributed by atoms with E-state index in [1.807, 2.05) is 5.38 Å². The summed E-state index contributed by atoms with van der Waals surface area (Å²) in [5, 5.41) is 5.32. The number of carbonyl (C=O) groups is 1. The van der Waals surface area contributed by atoms with Crippen LogP contribution in [0.1, 0.15) is 50.5 Å². The van der Waals surface area contributed by atoms with Crippen LogP contribution < -0.4 is 5.32 Å². The summed E-state index contributed by atoms with van der Waals surface area (Å²) in [6.45, 7) is 1.63. The van der Waals surface area contributed by atoms with Crippen LogP contribution in [0, 0.1) is 5.92 Å². The molecule has 0 spiro atoms. The maximum atomic E-state index is 12.9. The van der Waals surface area contributed by atoms with E-state index in [4.69, 9.17) is 0 Å². The van der Waals surface area contributed by atoms with Crippen molar-refractivity contribution in [2.75, 3.05) is 11.1 Å². The molecule has 5 nitrogen and oxygen atoms in total. The molecule has 1 unspecified atom stereocenters. The van der Waals surface area contributed by atoms with Gasteiger partial charge in [0.15, 0.2) is 15.0 Å². The molecular formula is C19H24N2O3S2. The van der Waals surface area contributed by atoms with Gasteiger partial charge in [-0.05, 0) is 30.0 Å². The van der Waals surface area contributed by atoms with Crippen LogP contribution in [-0.4, -0.2) is 25.1 Å². The molecule has 1 fully saturated rings. The molecule has 0 saturated heterocycles. The summed E-state index contributed by atoms with van der Waals surface area (Å²) in [6.07, 6.45) is 7.21. The molecule has 140 valence electrons. The molecule has 1 aromatic carbocycles. The van der Waals surface area contributed by atoms with Gasteiger partial charge in [0, 0.05) is 11.6 Å². The number of sulfone groups is 1. The Morgan fingerprint density at radius 1 is 1.27 bits per heavy atom. The number of amides is 1. The average molecular weight is 393 g/mol. The van der Waals surface area contributed by atoms with E-state index in [9.17, 15) is 13.2 Å². The number of nitrogens with zero attached hydrogens (tertiary/aromatic N) is 1. The Labute approximate surface area is 158 Å². The summed E-state index contributed by atoms with van der Waals surface area (Å²) in [5.74, 6) is 0.252. The lowest BCUT2D eigenvalue weighted by Gasteiger charge is -2.20. The van der Waals surface area contributed by atoms with E-state index in [0.29, 0.717) is 15.9 Å². The molecule has 1 aromatic heterocycles. The average Bonchev–Trinajstić information content (AvgIpc) is 3.33. The molecule has 1 atom stereocenters. The van der Waals surface area contributed by atoms with Crippen LogP contribution >= 0.6 is 11.3 Å². The molecule has 1 aliphatic carbocycles. The zero-order valence-corrected chi connectivity index (χ0v) is 16.5. The van der Waals surface area contributed by atoms with Gasteiger partial charge in [-0.25, -0.2) is 13.4 Å². The van der Waals surface area contributed by atoms with Crippen LogP contribution in [0.5, 0.6) is 0 Å². The van der Waals surface area contributed by atoms with Crippen LogP contribution in [-0.2, 0) is 14.6 Å². The lowest BCUT2D eigenvalue weighted by atomic mass is 9.87. The summed E-state index contributed by atoms with van der Waals surface area (Å²) in [6, 6.07) is 6.80. The lowest BCUT2D eigenvalue weighted by molar-refractivity contribution is -0.118. The molecule has 0 radical (unpaired) electrons. The first-order chi connectivity index (χ1) is 12.5. The third kappa shape index (κ3) is 4.51. The Morgan fingerprint density at radius 3 is 2.54 bits per heavy atom. The standard InChI is InChI=1S/C19H24N2O3S2/c1-2-26(23,24)16-9-7-15(8-10-16)17(13-14-5-3-4-6-14)18(22)21-19-20-11-12-25-19/h7-12,14,17H,2-6,13H2,1H3,(H,20,21,22). The van der Waals surface area contributed by atoms with Crippen molar-refractivity contribution in [3.05, 3.63) is 41.4 Å². The molecule has 1 saturated carbocycles. The van der Waals surface area contributed by atoms with E-state index < -0.39 is 9.84 Å².